The Morgan fingerprint density at radius 3 is 2.91 bits per heavy atom. The summed E-state index contributed by atoms with van der Waals surface area (Å²) in [5.74, 6) is 1.35. The molecule has 5 heteroatoms. The van der Waals surface area contributed by atoms with Crippen LogP contribution in [-0.4, -0.2) is 28.8 Å². The van der Waals surface area contributed by atoms with Gasteiger partial charge in [0.05, 0.1) is 6.54 Å². The van der Waals surface area contributed by atoms with Crippen molar-refractivity contribution in [2.45, 2.75) is 31.8 Å². The number of H-pyrrole nitrogens is 1. The third-order valence-electron chi connectivity index (χ3n) is 5.62. The monoisotopic (exact) mass is 313 g/mol. The molecule has 1 aromatic heterocycles. The van der Waals surface area contributed by atoms with E-state index in [1.807, 2.05) is 18.2 Å². The summed E-state index contributed by atoms with van der Waals surface area (Å²) >= 11 is 0. The predicted molar refractivity (Wildman–Crippen MR) is 88.9 cm³/mol. The summed E-state index contributed by atoms with van der Waals surface area (Å²) in [6.45, 7) is 0.652. The van der Waals surface area contributed by atoms with Crippen molar-refractivity contribution in [3.05, 3.63) is 36.0 Å². The number of aromatic amines is 1. The van der Waals surface area contributed by atoms with E-state index in [0.717, 1.165) is 23.0 Å². The first kappa shape index (κ1) is 14.6. The van der Waals surface area contributed by atoms with Gasteiger partial charge in [0.15, 0.2) is 0 Å². The minimum absolute atomic E-state index is 0.126. The summed E-state index contributed by atoms with van der Waals surface area (Å²) in [5, 5.41) is 16.8. The number of para-hydroxylation sites is 1. The van der Waals surface area contributed by atoms with Crippen LogP contribution >= 0.6 is 0 Å². The maximum absolute atomic E-state index is 12.2. The largest absolute Gasteiger partial charge is 0.396 e. The zero-order valence-electron chi connectivity index (χ0n) is 13.1. The Morgan fingerprint density at radius 2 is 2.09 bits per heavy atom. The molecule has 0 spiro atoms. The number of carbonyl (C=O) groups is 1. The summed E-state index contributed by atoms with van der Waals surface area (Å²) in [6, 6.07) is 10.1. The first-order chi connectivity index (χ1) is 11.2. The lowest BCUT2D eigenvalue weighted by Gasteiger charge is -2.30. The van der Waals surface area contributed by atoms with Crippen LogP contribution in [0.1, 0.15) is 25.0 Å². The van der Waals surface area contributed by atoms with Crippen molar-refractivity contribution in [1.29, 1.82) is 0 Å². The van der Waals surface area contributed by atoms with Gasteiger partial charge in [-0.2, -0.15) is 0 Å². The second-order valence-corrected chi connectivity index (χ2v) is 6.91. The van der Waals surface area contributed by atoms with Gasteiger partial charge in [0, 0.05) is 29.8 Å². The van der Waals surface area contributed by atoms with Crippen molar-refractivity contribution < 1.29 is 9.90 Å². The number of hydrogen-bond acceptors (Lipinski definition) is 2. The molecule has 2 aliphatic carbocycles. The minimum atomic E-state index is -0.139. The highest BCUT2D eigenvalue weighted by molar-refractivity contribution is 5.80. The number of amides is 2. The molecule has 0 saturated heterocycles. The molecular formula is C18H23N3O2. The van der Waals surface area contributed by atoms with Crippen molar-refractivity contribution in [3.63, 3.8) is 0 Å². The van der Waals surface area contributed by atoms with Crippen LogP contribution in [0.2, 0.25) is 0 Å². The van der Waals surface area contributed by atoms with Crippen LogP contribution in [0.25, 0.3) is 10.9 Å². The molecule has 2 aromatic rings. The maximum Gasteiger partial charge on any atom is 0.315 e. The number of aliphatic hydroxyl groups is 1. The highest BCUT2D eigenvalue weighted by Crippen LogP contribution is 2.48. The second kappa shape index (κ2) is 5.89. The van der Waals surface area contributed by atoms with Crippen molar-refractivity contribution in [2.24, 2.45) is 17.8 Å². The molecule has 2 amide bonds. The lowest BCUT2D eigenvalue weighted by molar-refractivity contribution is 0.144. The van der Waals surface area contributed by atoms with Crippen LogP contribution < -0.4 is 10.6 Å². The van der Waals surface area contributed by atoms with E-state index < -0.39 is 0 Å². The van der Waals surface area contributed by atoms with Gasteiger partial charge in [0.1, 0.15) is 0 Å². The summed E-state index contributed by atoms with van der Waals surface area (Å²) in [4.78, 5) is 15.5. The molecule has 5 nitrogen and oxygen atoms in total. The van der Waals surface area contributed by atoms with Crippen LogP contribution in [-0.2, 0) is 6.54 Å². The molecule has 122 valence electrons. The molecule has 4 unspecified atom stereocenters. The van der Waals surface area contributed by atoms with Crippen LogP contribution in [0.5, 0.6) is 0 Å². The third-order valence-corrected chi connectivity index (χ3v) is 5.62. The number of aliphatic hydroxyl groups excluding tert-OH is 1. The van der Waals surface area contributed by atoms with E-state index in [1.165, 1.54) is 12.8 Å². The number of carbonyl (C=O) groups excluding carboxylic acids is 1. The zero-order chi connectivity index (χ0) is 15.8. The van der Waals surface area contributed by atoms with E-state index in [2.05, 4.69) is 27.8 Å². The lowest BCUT2D eigenvalue weighted by Crippen LogP contribution is -2.48. The summed E-state index contributed by atoms with van der Waals surface area (Å²) < 4.78 is 0. The Hall–Kier alpha value is -2.01. The number of urea groups is 1. The zero-order valence-corrected chi connectivity index (χ0v) is 13.1. The Morgan fingerprint density at radius 1 is 1.26 bits per heavy atom. The van der Waals surface area contributed by atoms with Gasteiger partial charge in [0.25, 0.3) is 0 Å². The molecule has 2 saturated carbocycles. The fraction of sp³-hybridized carbons (Fsp3) is 0.500. The number of nitrogens with one attached hydrogen (secondary N) is 3. The van der Waals surface area contributed by atoms with Crippen molar-refractivity contribution in [2.75, 3.05) is 6.61 Å². The van der Waals surface area contributed by atoms with Crippen LogP contribution in [0.15, 0.2) is 30.3 Å². The van der Waals surface area contributed by atoms with E-state index >= 15 is 0 Å². The maximum atomic E-state index is 12.2. The van der Waals surface area contributed by atoms with Gasteiger partial charge >= 0.3 is 6.03 Å². The van der Waals surface area contributed by atoms with E-state index in [0.29, 0.717) is 18.4 Å². The average Bonchev–Trinajstić information content (AvgIpc) is 3.26. The molecule has 1 heterocycles. The number of fused-ring (bicyclic) bond motifs is 3. The highest BCUT2D eigenvalue weighted by atomic mass is 16.3. The van der Waals surface area contributed by atoms with Gasteiger partial charge in [-0.1, -0.05) is 18.2 Å². The van der Waals surface area contributed by atoms with Crippen LogP contribution in [0.4, 0.5) is 4.79 Å². The SMILES string of the molecule is O=C(NCc1cc2ccccc2[nH]1)NC1C2CCC(C2)C1CO. The molecule has 0 aliphatic heterocycles. The molecule has 2 aliphatic rings. The van der Waals surface area contributed by atoms with E-state index in [4.69, 9.17) is 0 Å². The topological polar surface area (TPSA) is 77.2 Å². The minimum Gasteiger partial charge on any atom is -0.396 e. The van der Waals surface area contributed by atoms with Gasteiger partial charge in [-0.05, 0) is 48.6 Å². The van der Waals surface area contributed by atoms with Gasteiger partial charge in [-0.25, -0.2) is 4.79 Å². The summed E-state index contributed by atoms with van der Waals surface area (Å²) in [7, 11) is 0. The molecule has 1 aromatic carbocycles. The third kappa shape index (κ3) is 2.70. The Labute approximate surface area is 135 Å². The normalized spacial score (nSPS) is 29.1. The Balaban J connectivity index is 1.35. The molecule has 4 N–H and O–H groups in total. The van der Waals surface area contributed by atoms with Crippen molar-refractivity contribution >= 4 is 16.9 Å². The van der Waals surface area contributed by atoms with Crippen molar-refractivity contribution in [1.82, 2.24) is 15.6 Å². The standard InChI is InChI=1S/C18H23N3O2/c22-10-15-11-5-6-13(7-11)17(15)21-18(23)19-9-14-8-12-3-1-2-4-16(12)20-14/h1-4,8,11,13,15,17,20,22H,5-7,9-10H2,(H2,19,21,23). The number of benzene rings is 1. The first-order valence-electron chi connectivity index (χ1n) is 8.46. The van der Waals surface area contributed by atoms with Crippen molar-refractivity contribution in [3.8, 4) is 0 Å². The molecule has 4 atom stereocenters. The lowest BCUT2D eigenvalue weighted by atomic mass is 9.85. The fourth-order valence-corrected chi connectivity index (χ4v) is 4.50. The van der Waals surface area contributed by atoms with Gasteiger partial charge in [-0.3, -0.25) is 0 Å². The van der Waals surface area contributed by atoms with Gasteiger partial charge in [-0.15, -0.1) is 0 Å². The predicted octanol–water partition coefficient (Wildman–Crippen LogP) is 2.37. The van der Waals surface area contributed by atoms with Crippen LogP contribution in [0.3, 0.4) is 0 Å². The molecule has 4 rings (SSSR count). The number of rotatable bonds is 4. The van der Waals surface area contributed by atoms with Crippen LogP contribution in [0, 0.1) is 17.8 Å². The number of hydrogen-bond donors (Lipinski definition) is 4. The van der Waals surface area contributed by atoms with Gasteiger partial charge in [0.2, 0.25) is 0 Å². The Kier molecular flexibility index (Phi) is 3.73. The Bertz CT molecular complexity index is 678. The smallest absolute Gasteiger partial charge is 0.315 e. The quantitative estimate of drug-likeness (QED) is 0.699. The molecule has 2 bridgehead atoms. The summed E-state index contributed by atoms with van der Waals surface area (Å²) in [5.41, 5.74) is 2.08. The van der Waals surface area contributed by atoms with E-state index in [1.54, 1.807) is 0 Å². The van der Waals surface area contributed by atoms with E-state index in [9.17, 15) is 9.90 Å². The molecular weight excluding hydrogens is 290 g/mol. The number of aromatic nitrogens is 1. The first-order valence-corrected chi connectivity index (χ1v) is 8.46. The van der Waals surface area contributed by atoms with Gasteiger partial charge < -0.3 is 20.7 Å². The highest BCUT2D eigenvalue weighted by Gasteiger charge is 2.47. The average molecular weight is 313 g/mol. The second-order valence-electron chi connectivity index (χ2n) is 6.91. The molecule has 0 radical (unpaired) electrons. The fourth-order valence-electron chi connectivity index (χ4n) is 4.50. The van der Waals surface area contributed by atoms with E-state index in [-0.39, 0.29) is 24.6 Å². The summed E-state index contributed by atoms with van der Waals surface area (Å²) in [6.07, 6.45) is 3.52. The molecule has 23 heavy (non-hydrogen) atoms. The molecule has 2 fully saturated rings.